The second-order valence-corrected chi connectivity index (χ2v) is 9.17. The van der Waals surface area contributed by atoms with Crippen LogP contribution in [0.4, 0.5) is 19.3 Å². The number of alkyl halides is 2. The molecule has 0 atom stereocenters. The molecule has 3 rings (SSSR count). The Kier molecular flexibility index (Phi) is 6.35. The molecule has 1 aliphatic heterocycles. The van der Waals surface area contributed by atoms with E-state index in [1.54, 1.807) is 11.0 Å². The molecule has 2 aromatic rings. The van der Waals surface area contributed by atoms with Gasteiger partial charge in [-0.1, -0.05) is 0 Å². The standard InChI is InChI=1S/C20H24F2IN3O3/c1-20(2,3)29-19(28)25-8-6-24(7-9-25)13-4-5-14-15(10-13)16(23)11-26(18(14)27)12-17(21)22/h4-5,10-11,17H,6-9,12H2,1-3H3. The highest BCUT2D eigenvalue weighted by atomic mass is 127. The number of ether oxygens (including phenoxy) is 1. The van der Waals surface area contributed by atoms with Crippen LogP contribution in [0.2, 0.25) is 0 Å². The summed E-state index contributed by atoms with van der Waals surface area (Å²) in [6, 6.07) is 5.43. The molecule has 158 valence electrons. The van der Waals surface area contributed by atoms with Gasteiger partial charge in [0, 0.05) is 52.4 Å². The summed E-state index contributed by atoms with van der Waals surface area (Å²) in [7, 11) is 0. The van der Waals surface area contributed by atoms with Crippen LogP contribution in [0.3, 0.4) is 0 Å². The fourth-order valence-electron chi connectivity index (χ4n) is 3.29. The quantitative estimate of drug-likeness (QED) is 0.577. The van der Waals surface area contributed by atoms with Crippen LogP contribution < -0.4 is 10.5 Å². The Balaban J connectivity index is 1.77. The molecule has 0 unspecified atom stereocenters. The Morgan fingerprint density at radius 3 is 2.41 bits per heavy atom. The third-order valence-corrected chi connectivity index (χ3v) is 5.51. The zero-order valence-corrected chi connectivity index (χ0v) is 18.8. The van der Waals surface area contributed by atoms with E-state index in [1.807, 2.05) is 32.9 Å². The Morgan fingerprint density at radius 2 is 1.83 bits per heavy atom. The van der Waals surface area contributed by atoms with Crippen molar-refractivity contribution in [1.82, 2.24) is 9.47 Å². The first-order valence-electron chi connectivity index (χ1n) is 9.39. The second kappa shape index (κ2) is 8.45. The maximum Gasteiger partial charge on any atom is 0.410 e. The van der Waals surface area contributed by atoms with Crippen LogP contribution in [0.25, 0.3) is 10.8 Å². The fourth-order valence-corrected chi connectivity index (χ4v) is 4.07. The van der Waals surface area contributed by atoms with E-state index in [1.165, 1.54) is 6.20 Å². The molecule has 29 heavy (non-hydrogen) atoms. The van der Waals surface area contributed by atoms with Gasteiger partial charge in [0.25, 0.3) is 12.0 Å². The van der Waals surface area contributed by atoms with Crippen molar-refractivity contribution in [3.8, 4) is 0 Å². The van der Waals surface area contributed by atoms with E-state index in [0.717, 1.165) is 19.2 Å². The summed E-state index contributed by atoms with van der Waals surface area (Å²) < 4.78 is 32.7. The summed E-state index contributed by atoms with van der Waals surface area (Å²) in [5, 5.41) is 1.17. The van der Waals surface area contributed by atoms with E-state index >= 15 is 0 Å². The molecule has 1 aliphatic rings. The number of carbonyl (C=O) groups is 1. The van der Waals surface area contributed by atoms with Crippen molar-refractivity contribution in [2.75, 3.05) is 31.1 Å². The average molecular weight is 519 g/mol. The number of amides is 1. The molecule has 1 amide bonds. The fraction of sp³-hybridized carbons (Fsp3) is 0.500. The number of pyridine rings is 1. The highest BCUT2D eigenvalue weighted by molar-refractivity contribution is 14.1. The smallest absolute Gasteiger partial charge is 0.410 e. The van der Waals surface area contributed by atoms with E-state index in [-0.39, 0.29) is 6.09 Å². The number of hydrogen-bond donors (Lipinski definition) is 0. The van der Waals surface area contributed by atoms with Crippen LogP contribution in [0.15, 0.2) is 29.2 Å². The molecular weight excluding hydrogens is 495 g/mol. The number of piperazine rings is 1. The maximum atomic E-state index is 12.7. The first-order valence-corrected chi connectivity index (χ1v) is 10.5. The van der Waals surface area contributed by atoms with Gasteiger partial charge >= 0.3 is 6.09 Å². The van der Waals surface area contributed by atoms with Gasteiger partial charge in [-0.3, -0.25) is 4.79 Å². The number of hydrogen-bond acceptors (Lipinski definition) is 4. The normalized spacial score (nSPS) is 15.3. The minimum absolute atomic E-state index is 0.315. The van der Waals surface area contributed by atoms with Gasteiger partial charge in [-0.05, 0) is 61.6 Å². The highest BCUT2D eigenvalue weighted by Gasteiger charge is 2.26. The summed E-state index contributed by atoms with van der Waals surface area (Å²) in [4.78, 5) is 28.5. The van der Waals surface area contributed by atoms with Crippen molar-refractivity contribution in [1.29, 1.82) is 0 Å². The van der Waals surface area contributed by atoms with E-state index in [4.69, 9.17) is 4.74 Å². The van der Waals surface area contributed by atoms with Crippen LogP contribution in [0.5, 0.6) is 0 Å². The lowest BCUT2D eigenvalue weighted by molar-refractivity contribution is 0.0240. The molecule has 1 aromatic carbocycles. The molecule has 0 bridgehead atoms. The summed E-state index contributed by atoms with van der Waals surface area (Å²) in [6.07, 6.45) is -1.42. The molecular formula is C20H24F2IN3O3. The van der Waals surface area contributed by atoms with Gasteiger partial charge < -0.3 is 19.1 Å². The predicted molar refractivity (Wildman–Crippen MR) is 117 cm³/mol. The number of rotatable bonds is 3. The van der Waals surface area contributed by atoms with E-state index in [0.29, 0.717) is 31.6 Å². The monoisotopic (exact) mass is 519 g/mol. The van der Waals surface area contributed by atoms with Crippen molar-refractivity contribution in [2.24, 2.45) is 0 Å². The number of fused-ring (bicyclic) bond motifs is 1. The van der Waals surface area contributed by atoms with Crippen molar-refractivity contribution in [3.05, 3.63) is 38.3 Å². The zero-order valence-electron chi connectivity index (χ0n) is 16.6. The van der Waals surface area contributed by atoms with Crippen LogP contribution in [-0.2, 0) is 11.3 Å². The lowest BCUT2D eigenvalue weighted by Crippen LogP contribution is -2.50. The first kappa shape index (κ1) is 21.8. The van der Waals surface area contributed by atoms with Crippen molar-refractivity contribution in [2.45, 2.75) is 39.3 Å². The number of benzene rings is 1. The number of halogens is 3. The van der Waals surface area contributed by atoms with Gasteiger partial charge in [-0.2, -0.15) is 0 Å². The number of carbonyl (C=O) groups excluding carboxylic acids is 1. The molecule has 0 spiro atoms. The number of aromatic nitrogens is 1. The maximum absolute atomic E-state index is 12.7. The topological polar surface area (TPSA) is 54.8 Å². The van der Waals surface area contributed by atoms with Crippen LogP contribution in [-0.4, -0.2) is 53.8 Å². The summed E-state index contributed by atoms with van der Waals surface area (Å²) in [5.41, 5.74) is -0.00668. The van der Waals surface area contributed by atoms with Gasteiger partial charge in [0.2, 0.25) is 0 Å². The van der Waals surface area contributed by atoms with Gasteiger partial charge in [0.15, 0.2) is 0 Å². The van der Waals surface area contributed by atoms with Gasteiger partial charge in [-0.15, -0.1) is 0 Å². The molecule has 9 heteroatoms. The van der Waals surface area contributed by atoms with Crippen molar-refractivity contribution < 1.29 is 18.3 Å². The van der Waals surface area contributed by atoms with Crippen LogP contribution in [0.1, 0.15) is 20.8 Å². The second-order valence-electron chi connectivity index (χ2n) is 8.01. The zero-order chi connectivity index (χ0) is 21.3. The SMILES string of the molecule is CC(C)(C)OC(=O)N1CCN(c2ccc3c(=O)n(CC(F)F)cc(I)c3c2)CC1. The summed E-state index contributed by atoms with van der Waals surface area (Å²) in [6.45, 7) is 7.28. The molecule has 0 saturated carbocycles. The Bertz CT molecular complexity index is 964. The minimum atomic E-state index is -2.58. The number of anilines is 1. The summed E-state index contributed by atoms with van der Waals surface area (Å²) >= 11 is 2.07. The molecule has 0 N–H and O–H groups in total. The lowest BCUT2D eigenvalue weighted by atomic mass is 10.1. The Labute approximate surface area is 181 Å². The molecule has 0 aliphatic carbocycles. The van der Waals surface area contributed by atoms with Crippen LogP contribution in [0, 0.1) is 3.57 Å². The lowest BCUT2D eigenvalue weighted by Gasteiger charge is -2.36. The largest absolute Gasteiger partial charge is 0.444 e. The van der Waals surface area contributed by atoms with Gasteiger partial charge in [0.1, 0.15) is 5.60 Å². The third-order valence-electron chi connectivity index (χ3n) is 4.65. The molecule has 6 nitrogen and oxygen atoms in total. The van der Waals surface area contributed by atoms with E-state index in [9.17, 15) is 18.4 Å². The Morgan fingerprint density at radius 1 is 1.17 bits per heavy atom. The van der Waals surface area contributed by atoms with Crippen LogP contribution >= 0.6 is 22.6 Å². The Hall–Kier alpha value is -1.91. The highest BCUT2D eigenvalue weighted by Crippen LogP contribution is 2.25. The van der Waals surface area contributed by atoms with Crippen molar-refractivity contribution in [3.63, 3.8) is 0 Å². The van der Waals surface area contributed by atoms with Gasteiger partial charge in [-0.25, -0.2) is 13.6 Å². The van der Waals surface area contributed by atoms with Gasteiger partial charge in [0.05, 0.1) is 6.54 Å². The predicted octanol–water partition coefficient (Wildman–Crippen LogP) is 3.93. The summed E-state index contributed by atoms with van der Waals surface area (Å²) in [5.74, 6) is 0. The number of nitrogens with zero attached hydrogens (tertiary/aromatic N) is 3. The van der Waals surface area contributed by atoms with E-state index < -0.39 is 24.1 Å². The molecule has 1 saturated heterocycles. The van der Waals surface area contributed by atoms with Crippen molar-refractivity contribution >= 4 is 45.1 Å². The van der Waals surface area contributed by atoms with E-state index in [2.05, 4.69) is 27.5 Å². The molecule has 1 fully saturated rings. The molecule has 0 radical (unpaired) electrons. The third kappa shape index (κ3) is 5.18. The molecule has 2 heterocycles. The minimum Gasteiger partial charge on any atom is -0.444 e. The average Bonchev–Trinajstić information content (AvgIpc) is 2.64. The molecule has 1 aromatic heterocycles. The first-order chi connectivity index (χ1) is 13.5.